The van der Waals surface area contributed by atoms with Crippen molar-refractivity contribution >= 4 is 11.5 Å². The highest BCUT2D eigenvalue weighted by atomic mass is 16.4. The van der Waals surface area contributed by atoms with E-state index < -0.39 is 5.97 Å². The highest BCUT2D eigenvalue weighted by molar-refractivity contribution is 5.80. The average molecular weight is 202 g/mol. The van der Waals surface area contributed by atoms with Gasteiger partial charge in [0.2, 0.25) is 0 Å². The van der Waals surface area contributed by atoms with Crippen LogP contribution < -0.4 is 0 Å². The van der Waals surface area contributed by atoms with Gasteiger partial charge in [0.25, 0.3) is 0 Å². The summed E-state index contributed by atoms with van der Waals surface area (Å²) in [5.41, 5.74) is 3.37. The lowest BCUT2D eigenvalue weighted by Crippen LogP contribution is -1.85. The summed E-state index contributed by atoms with van der Waals surface area (Å²) in [6.07, 6.45) is 4.45. The Morgan fingerprint density at radius 2 is 1.87 bits per heavy atom. The van der Waals surface area contributed by atoms with Gasteiger partial charge in [0.1, 0.15) is 0 Å². The van der Waals surface area contributed by atoms with Crippen molar-refractivity contribution in [2.24, 2.45) is 0 Å². The second-order valence-electron chi connectivity index (χ2n) is 3.41. The van der Waals surface area contributed by atoms with Crippen LogP contribution in [-0.4, -0.2) is 11.1 Å². The number of hydrogen-bond acceptors (Lipinski definition) is 1. The lowest BCUT2D eigenvalue weighted by molar-refractivity contribution is -0.131. The quantitative estimate of drug-likeness (QED) is 0.604. The van der Waals surface area contributed by atoms with E-state index in [-0.39, 0.29) is 0 Å². The maximum absolute atomic E-state index is 10.2. The first-order valence-electron chi connectivity index (χ1n) is 4.74. The monoisotopic (exact) mass is 202 g/mol. The average Bonchev–Trinajstić information content (AvgIpc) is 2.18. The maximum Gasteiger partial charge on any atom is 0.328 e. The molecule has 0 saturated heterocycles. The van der Waals surface area contributed by atoms with Crippen molar-refractivity contribution in [3.8, 4) is 0 Å². The van der Waals surface area contributed by atoms with Gasteiger partial charge in [-0.25, -0.2) is 4.79 Å². The minimum Gasteiger partial charge on any atom is -0.478 e. The predicted octanol–water partition coefficient (Wildman–Crippen LogP) is 3.04. The van der Waals surface area contributed by atoms with E-state index in [1.54, 1.807) is 6.08 Å². The molecule has 1 aromatic carbocycles. The number of hydrogen-bond donors (Lipinski definition) is 1. The number of carboxylic acid groups (broad SMARTS) is 1. The van der Waals surface area contributed by atoms with Crippen molar-refractivity contribution in [2.75, 3.05) is 0 Å². The van der Waals surface area contributed by atoms with E-state index in [9.17, 15) is 4.79 Å². The summed E-state index contributed by atoms with van der Waals surface area (Å²) in [7, 11) is 0. The summed E-state index contributed by atoms with van der Waals surface area (Å²) in [6.45, 7) is 3.99. The van der Waals surface area contributed by atoms with Gasteiger partial charge in [-0.15, -0.1) is 0 Å². The Hall–Kier alpha value is -1.83. The predicted molar refractivity (Wildman–Crippen MR) is 61.6 cm³/mol. The third-order valence-electron chi connectivity index (χ3n) is 2.09. The van der Waals surface area contributed by atoms with Gasteiger partial charge >= 0.3 is 5.97 Å². The van der Waals surface area contributed by atoms with Crippen LogP contribution in [0.25, 0.3) is 5.57 Å². The minimum absolute atomic E-state index is 0.928. The lowest BCUT2D eigenvalue weighted by atomic mass is 10.1. The highest BCUT2D eigenvalue weighted by Gasteiger charge is 1.93. The Balaban J connectivity index is 2.80. The van der Waals surface area contributed by atoms with Crippen LogP contribution in [0.2, 0.25) is 0 Å². The smallest absolute Gasteiger partial charge is 0.328 e. The Labute approximate surface area is 89.6 Å². The molecule has 0 aromatic heterocycles. The Bertz CT molecular complexity index is 397. The molecular weight excluding hydrogens is 188 g/mol. The number of rotatable bonds is 3. The lowest BCUT2D eigenvalue weighted by Gasteiger charge is -2.00. The first kappa shape index (κ1) is 11.2. The SMILES string of the molecule is C/C(=C/C=C/C(=O)O)c1ccc(C)cc1. The number of carbonyl (C=O) groups is 1. The summed E-state index contributed by atoms with van der Waals surface area (Å²) in [5.74, 6) is -0.928. The molecule has 0 heterocycles. The summed E-state index contributed by atoms with van der Waals surface area (Å²) in [5, 5.41) is 8.42. The van der Waals surface area contributed by atoms with Crippen molar-refractivity contribution in [1.82, 2.24) is 0 Å². The molecule has 1 N–H and O–H groups in total. The molecule has 0 aliphatic carbocycles. The molecule has 0 bridgehead atoms. The molecular formula is C13H14O2. The van der Waals surface area contributed by atoms with Crippen LogP contribution in [0.1, 0.15) is 18.1 Å². The van der Waals surface area contributed by atoms with E-state index in [0.717, 1.165) is 17.2 Å². The number of benzene rings is 1. The van der Waals surface area contributed by atoms with Gasteiger partial charge in [0, 0.05) is 6.08 Å². The third-order valence-corrected chi connectivity index (χ3v) is 2.09. The molecule has 2 heteroatoms. The zero-order valence-corrected chi connectivity index (χ0v) is 8.90. The van der Waals surface area contributed by atoms with Crippen molar-refractivity contribution in [3.63, 3.8) is 0 Å². The van der Waals surface area contributed by atoms with Gasteiger partial charge < -0.3 is 5.11 Å². The topological polar surface area (TPSA) is 37.3 Å². The van der Waals surface area contributed by atoms with Crippen LogP contribution in [0.4, 0.5) is 0 Å². The van der Waals surface area contributed by atoms with E-state index >= 15 is 0 Å². The molecule has 0 atom stereocenters. The van der Waals surface area contributed by atoms with E-state index in [0.29, 0.717) is 0 Å². The Kier molecular flexibility index (Phi) is 3.86. The number of aliphatic carboxylic acids is 1. The molecule has 1 aromatic rings. The molecule has 0 amide bonds. The van der Waals surface area contributed by atoms with Gasteiger partial charge in [-0.05, 0) is 25.0 Å². The fraction of sp³-hybridized carbons (Fsp3) is 0.154. The zero-order chi connectivity index (χ0) is 11.3. The van der Waals surface area contributed by atoms with Gasteiger partial charge in [0.05, 0.1) is 0 Å². The first-order valence-corrected chi connectivity index (χ1v) is 4.74. The Morgan fingerprint density at radius 3 is 2.40 bits per heavy atom. The van der Waals surface area contributed by atoms with Crippen LogP contribution in [0.15, 0.2) is 42.5 Å². The van der Waals surface area contributed by atoms with Crippen LogP contribution >= 0.6 is 0 Å². The van der Waals surface area contributed by atoms with Crippen LogP contribution in [0.3, 0.4) is 0 Å². The van der Waals surface area contributed by atoms with E-state index in [2.05, 4.69) is 0 Å². The van der Waals surface area contributed by atoms with E-state index in [1.807, 2.05) is 38.1 Å². The van der Waals surface area contributed by atoms with Crippen molar-refractivity contribution < 1.29 is 9.90 Å². The third kappa shape index (κ3) is 3.81. The molecule has 0 aliphatic heterocycles. The van der Waals surface area contributed by atoms with Gasteiger partial charge in [-0.1, -0.05) is 42.0 Å². The molecule has 2 nitrogen and oxygen atoms in total. The fourth-order valence-electron chi connectivity index (χ4n) is 1.19. The van der Waals surface area contributed by atoms with Crippen LogP contribution in [0, 0.1) is 6.92 Å². The van der Waals surface area contributed by atoms with Crippen LogP contribution in [0.5, 0.6) is 0 Å². The zero-order valence-electron chi connectivity index (χ0n) is 8.90. The molecule has 0 spiro atoms. The normalized spacial score (nSPS) is 12.0. The fourth-order valence-corrected chi connectivity index (χ4v) is 1.19. The van der Waals surface area contributed by atoms with Crippen molar-refractivity contribution in [3.05, 3.63) is 53.6 Å². The van der Waals surface area contributed by atoms with Crippen molar-refractivity contribution in [1.29, 1.82) is 0 Å². The molecule has 15 heavy (non-hydrogen) atoms. The summed E-state index contributed by atoms with van der Waals surface area (Å²) < 4.78 is 0. The Morgan fingerprint density at radius 1 is 1.27 bits per heavy atom. The van der Waals surface area contributed by atoms with Crippen molar-refractivity contribution in [2.45, 2.75) is 13.8 Å². The van der Waals surface area contributed by atoms with Gasteiger partial charge in [-0.2, -0.15) is 0 Å². The van der Waals surface area contributed by atoms with Crippen LogP contribution in [-0.2, 0) is 4.79 Å². The molecule has 0 unspecified atom stereocenters. The highest BCUT2D eigenvalue weighted by Crippen LogP contribution is 2.14. The standard InChI is InChI=1S/C13H14O2/c1-10-6-8-12(9-7-10)11(2)4-3-5-13(14)15/h3-9H,1-2H3,(H,14,15)/b5-3+,11-4-. The molecule has 0 aliphatic rings. The number of allylic oxidation sites excluding steroid dienone is 3. The molecule has 1 rings (SSSR count). The van der Waals surface area contributed by atoms with Gasteiger partial charge in [0.15, 0.2) is 0 Å². The largest absolute Gasteiger partial charge is 0.478 e. The summed E-state index contributed by atoms with van der Waals surface area (Å²) in [4.78, 5) is 10.2. The summed E-state index contributed by atoms with van der Waals surface area (Å²) in [6, 6.07) is 8.12. The number of aryl methyl sites for hydroxylation is 1. The molecule has 78 valence electrons. The van der Waals surface area contributed by atoms with Gasteiger partial charge in [-0.3, -0.25) is 0 Å². The maximum atomic E-state index is 10.2. The summed E-state index contributed by atoms with van der Waals surface area (Å²) >= 11 is 0. The minimum atomic E-state index is -0.928. The van der Waals surface area contributed by atoms with E-state index in [4.69, 9.17) is 5.11 Å². The second-order valence-corrected chi connectivity index (χ2v) is 3.41. The second kappa shape index (κ2) is 5.15. The molecule has 0 radical (unpaired) electrons. The first-order chi connectivity index (χ1) is 7.09. The van der Waals surface area contributed by atoms with E-state index in [1.165, 1.54) is 11.6 Å². The molecule has 0 fully saturated rings. The molecule has 0 saturated carbocycles. The number of carboxylic acids is 1.